The smallest absolute Gasteiger partial charge is 0.259 e. The van der Waals surface area contributed by atoms with Crippen LogP contribution >= 0.6 is 8.53 Å². The first-order valence-electron chi connectivity index (χ1n) is 18.1. The predicted octanol–water partition coefficient (Wildman–Crippen LogP) is 9.30. The van der Waals surface area contributed by atoms with E-state index in [2.05, 4.69) is 51.9 Å². The molecular weight excluding hydrogens is 687 g/mol. The number of benzene rings is 3. The molecule has 0 saturated carbocycles. The van der Waals surface area contributed by atoms with Crippen molar-refractivity contribution < 1.29 is 32.7 Å². The van der Waals surface area contributed by atoms with E-state index in [1.54, 1.807) is 20.3 Å². The Balaban J connectivity index is 1.78. The Morgan fingerprint density at radius 3 is 2.08 bits per heavy atom. The van der Waals surface area contributed by atoms with Gasteiger partial charge in [-0.25, -0.2) is 4.67 Å². The van der Waals surface area contributed by atoms with Crippen LogP contribution < -0.4 is 9.47 Å². The SMILES string of the molecule is C=C/C=C\C=C(/C)C(OC[C@H]1OC[C@H](OCc2ccccc2)[C@@H]1OP(OCCC#N)N(C(C)C)C(C)C)(c1ccc(OC)cc1)c1ccc(OC)cc1. The van der Waals surface area contributed by atoms with Gasteiger partial charge in [0.05, 0.1) is 53.1 Å². The average molecular weight is 743 g/mol. The summed E-state index contributed by atoms with van der Waals surface area (Å²) in [5, 5.41) is 9.33. The number of rotatable bonds is 21. The van der Waals surface area contributed by atoms with Crippen molar-refractivity contribution in [2.45, 2.75) is 83.6 Å². The number of methoxy groups -OCH3 is 2. The molecule has 0 bridgehead atoms. The third-order valence-corrected chi connectivity index (χ3v) is 11.1. The van der Waals surface area contributed by atoms with Gasteiger partial charge in [0.1, 0.15) is 35.4 Å². The molecule has 0 aromatic heterocycles. The number of nitriles is 1. The van der Waals surface area contributed by atoms with E-state index in [0.717, 1.165) is 33.8 Å². The summed E-state index contributed by atoms with van der Waals surface area (Å²) in [6.45, 7) is 15.5. The molecule has 0 N–H and O–H groups in total. The van der Waals surface area contributed by atoms with Gasteiger partial charge >= 0.3 is 0 Å². The van der Waals surface area contributed by atoms with Gasteiger partial charge in [-0.2, -0.15) is 5.26 Å². The number of allylic oxidation sites excluding steroid dienone is 4. The third-order valence-electron chi connectivity index (χ3n) is 8.99. The minimum absolute atomic E-state index is 0.123. The summed E-state index contributed by atoms with van der Waals surface area (Å²) in [4.78, 5) is 0. The average Bonchev–Trinajstić information content (AvgIpc) is 3.55. The minimum Gasteiger partial charge on any atom is -0.497 e. The molecule has 4 atom stereocenters. The quantitative estimate of drug-likeness (QED) is 0.0602. The second-order valence-corrected chi connectivity index (χ2v) is 14.6. The molecule has 0 aliphatic carbocycles. The molecular formula is C43H55N2O7P. The van der Waals surface area contributed by atoms with Crippen molar-refractivity contribution in [2.75, 3.05) is 34.0 Å². The van der Waals surface area contributed by atoms with Gasteiger partial charge in [0.25, 0.3) is 8.53 Å². The van der Waals surface area contributed by atoms with E-state index >= 15 is 0 Å². The summed E-state index contributed by atoms with van der Waals surface area (Å²) >= 11 is 0. The lowest BCUT2D eigenvalue weighted by Gasteiger charge is -2.39. The van der Waals surface area contributed by atoms with Crippen molar-refractivity contribution in [3.8, 4) is 17.6 Å². The lowest BCUT2D eigenvalue weighted by molar-refractivity contribution is -0.0738. The number of ether oxygens (including phenoxy) is 5. The van der Waals surface area contributed by atoms with Crippen molar-refractivity contribution >= 4 is 8.53 Å². The molecule has 4 rings (SSSR count). The molecule has 0 amide bonds. The van der Waals surface area contributed by atoms with Crippen LogP contribution in [0.25, 0.3) is 0 Å². The Hall–Kier alpha value is -3.84. The van der Waals surface area contributed by atoms with Crippen LogP contribution in [0.4, 0.5) is 0 Å². The van der Waals surface area contributed by atoms with Crippen LogP contribution in [0.5, 0.6) is 11.5 Å². The first-order valence-corrected chi connectivity index (χ1v) is 19.2. The maximum Gasteiger partial charge on any atom is 0.259 e. The second kappa shape index (κ2) is 21.2. The molecule has 1 aliphatic heterocycles. The van der Waals surface area contributed by atoms with Crippen molar-refractivity contribution in [3.05, 3.63) is 132 Å². The molecule has 1 fully saturated rings. The Labute approximate surface area is 317 Å². The predicted molar refractivity (Wildman–Crippen MR) is 211 cm³/mol. The summed E-state index contributed by atoms with van der Waals surface area (Å²) in [5.74, 6) is 1.47. The van der Waals surface area contributed by atoms with E-state index in [1.807, 2.05) is 97.1 Å². The number of nitrogens with zero attached hydrogens (tertiary/aromatic N) is 2. The molecule has 3 aromatic rings. The molecule has 1 aliphatic rings. The maximum absolute atomic E-state index is 9.33. The van der Waals surface area contributed by atoms with Crippen LogP contribution in [-0.4, -0.2) is 69.1 Å². The number of hydrogen-bond acceptors (Lipinski definition) is 9. The van der Waals surface area contributed by atoms with Crippen molar-refractivity contribution in [2.24, 2.45) is 0 Å². The van der Waals surface area contributed by atoms with E-state index in [-0.39, 0.29) is 31.7 Å². The van der Waals surface area contributed by atoms with Crippen LogP contribution in [0, 0.1) is 11.3 Å². The fraction of sp³-hybridized carbons (Fsp3) is 0.419. The monoisotopic (exact) mass is 742 g/mol. The second-order valence-electron chi connectivity index (χ2n) is 13.2. The van der Waals surface area contributed by atoms with Gasteiger partial charge < -0.3 is 32.7 Å². The largest absolute Gasteiger partial charge is 0.497 e. The molecule has 0 spiro atoms. The highest BCUT2D eigenvalue weighted by Gasteiger charge is 2.46. The molecule has 1 heterocycles. The van der Waals surface area contributed by atoms with E-state index in [9.17, 15) is 5.26 Å². The van der Waals surface area contributed by atoms with Crippen molar-refractivity contribution in [1.82, 2.24) is 4.67 Å². The molecule has 53 heavy (non-hydrogen) atoms. The number of hydrogen-bond donors (Lipinski definition) is 0. The topological polar surface area (TPSA) is 91.6 Å². The fourth-order valence-electron chi connectivity index (χ4n) is 6.40. The highest BCUT2D eigenvalue weighted by Crippen LogP contribution is 2.50. The molecule has 10 heteroatoms. The minimum atomic E-state index is -1.60. The van der Waals surface area contributed by atoms with Crippen molar-refractivity contribution in [1.29, 1.82) is 5.26 Å². The van der Waals surface area contributed by atoms with Gasteiger partial charge in [0.2, 0.25) is 0 Å². The summed E-state index contributed by atoms with van der Waals surface area (Å²) in [6, 6.07) is 28.4. The van der Waals surface area contributed by atoms with Gasteiger partial charge in [-0.15, -0.1) is 0 Å². The van der Waals surface area contributed by atoms with Crippen LogP contribution in [0.15, 0.2) is 115 Å². The van der Waals surface area contributed by atoms with E-state index in [1.165, 1.54) is 0 Å². The normalized spacial score (nSPS) is 18.5. The maximum atomic E-state index is 9.33. The highest BCUT2D eigenvalue weighted by atomic mass is 31.2. The summed E-state index contributed by atoms with van der Waals surface area (Å²) in [5.41, 5.74) is 2.76. The van der Waals surface area contributed by atoms with Gasteiger partial charge in [-0.3, -0.25) is 0 Å². The molecule has 3 aromatic carbocycles. The van der Waals surface area contributed by atoms with E-state index in [4.69, 9.17) is 32.7 Å². The zero-order valence-corrected chi connectivity index (χ0v) is 33.0. The standard InChI is InChI=1S/C43H55N2O7P/c1-9-10-12-16-34(6)43(36-19-23-38(46-7)24-20-36,37-21-25-39(47-8)26-22-37)50-31-41-42(40(30-49-41)48-29-35-17-13-11-14-18-35)52-53(51-28-15-27-44)45(32(2)3)33(4)5/h9-14,16-26,32-33,40-42H,1,15,28-31H2,2-8H3/b12-10-,34-16+/t40-,41+,42-,53?/m0/s1. The molecule has 1 unspecified atom stereocenters. The van der Waals surface area contributed by atoms with Gasteiger partial charge in [0, 0.05) is 12.1 Å². The third kappa shape index (κ3) is 11.1. The Kier molecular flexibility index (Phi) is 16.7. The van der Waals surface area contributed by atoms with Crippen LogP contribution in [-0.2, 0) is 35.5 Å². The summed E-state index contributed by atoms with van der Waals surface area (Å²) in [6.07, 6.45) is 6.41. The Morgan fingerprint density at radius 2 is 1.55 bits per heavy atom. The van der Waals surface area contributed by atoms with Crippen LogP contribution in [0.2, 0.25) is 0 Å². The lowest BCUT2D eigenvalue weighted by atomic mass is 9.79. The lowest BCUT2D eigenvalue weighted by Crippen LogP contribution is -2.42. The summed E-state index contributed by atoms with van der Waals surface area (Å²) < 4.78 is 46.9. The van der Waals surface area contributed by atoms with Gasteiger partial charge in [-0.05, 0) is 81.1 Å². The fourth-order valence-corrected chi connectivity index (χ4v) is 8.19. The molecule has 1 saturated heterocycles. The molecule has 9 nitrogen and oxygen atoms in total. The van der Waals surface area contributed by atoms with Crippen LogP contribution in [0.1, 0.15) is 57.7 Å². The van der Waals surface area contributed by atoms with Crippen molar-refractivity contribution in [3.63, 3.8) is 0 Å². The highest BCUT2D eigenvalue weighted by molar-refractivity contribution is 7.44. The van der Waals surface area contributed by atoms with Gasteiger partial charge in [0.15, 0.2) is 0 Å². The Morgan fingerprint density at radius 1 is 0.943 bits per heavy atom. The Bertz CT molecular complexity index is 1580. The molecule has 284 valence electrons. The first-order chi connectivity index (χ1) is 25.7. The summed E-state index contributed by atoms with van der Waals surface area (Å²) in [7, 11) is 1.71. The van der Waals surface area contributed by atoms with Gasteiger partial charge in [-0.1, -0.05) is 85.5 Å². The van der Waals surface area contributed by atoms with E-state index < -0.39 is 32.4 Å². The van der Waals surface area contributed by atoms with E-state index in [0.29, 0.717) is 13.2 Å². The zero-order chi connectivity index (χ0) is 38.2. The van der Waals surface area contributed by atoms with Crippen LogP contribution in [0.3, 0.4) is 0 Å². The first kappa shape index (κ1) is 41.9. The zero-order valence-electron chi connectivity index (χ0n) is 32.1. The molecule has 0 radical (unpaired) electrons.